The number of hydrogen-bond donors (Lipinski definition) is 1. The summed E-state index contributed by atoms with van der Waals surface area (Å²) in [5, 5.41) is 9.22. The first-order valence-corrected chi connectivity index (χ1v) is 7.61. The zero-order valence-corrected chi connectivity index (χ0v) is 13.6. The molecule has 0 spiro atoms. The lowest BCUT2D eigenvalue weighted by Gasteiger charge is -2.32. The molecule has 1 aliphatic rings. The Kier molecular flexibility index (Phi) is 4.00. The summed E-state index contributed by atoms with van der Waals surface area (Å²) in [6, 6.07) is 5.28. The van der Waals surface area contributed by atoms with E-state index in [0.29, 0.717) is 16.4 Å². The van der Waals surface area contributed by atoms with Gasteiger partial charge in [-0.25, -0.2) is 4.98 Å². The highest BCUT2D eigenvalue weighted by Gasteiger charge is 2.21. The molecule has 3 heterocycles. The molecular formula is C14H14BrN5O2. The third-order valence-corrected chi connectivity index (χ3v) is 4.05. The number of nitrogens with zero attached hydrogens (tertiary/aromatic N) is 4. The maximum Gasteiger partial charge on any atom is 0.271 e. The van der Waals surface area contributed by atoms with Crippen molar-refractivity contribution in [1.82, 2.24) is 14.9 Å². The zero-order chi connectivity index (χ0) is 15.7. The third kappa shape index (κ3) is 2.77. The average molecular weight is 364 g/mol. The first-order chi connectivity index (χ1) is 10.6. The van der Waals surface area contributed by atoms with E-state index in [1.165, 1.54) is 0 Å². The van der Waals surface area contributed by atoms with E-state index in [-0.39, 0.29) is 11.3 Å². The number of furan rings is 1. The number of piperazine rings is 1. The lowest BCUT2D eigenvalue weighted by molar-refractivity contribution is 0.311. The molecule has 0 atom stereocenters. The van der Waals surface area contributed by atoms with Crippen LogP contribution in [0, 0.1) is 11.3 Å². The summed E-state index contributed by atoms with van der Waals surface area (Å²) in [7, 11) is 2.05. The van der Waals surface area contributed by atoms with E-state index in [0.717, 1.165) is 26.2 Å². The van der Waals surface area contributed by atoms with Crippen LogP contribution in [0.5, 0.6) is 0 Å². The Labute approximate surface area is 135 Å². The number of likely N-dealkylation sites (N-methyl/N-ethyl adjacent to an activating group) is 1. The molecule has 0 bridgehead atoms. The van der Waals surface area contributed by atoms with Crippen molar-refractivity contribution in [3.63, 3.8) is 0 Å². The van der Waals surface area contributed by atoms with Crippen LogP contribution in [0.25, 0.3) is 11.5 Å². The van der Waals surface area contributed by atoms with Crippen molar-refractivity contribution in [3.8, 4) is 17.5 Å². The second-order valence-electron chi connectivity index (χ2n) is 5.12. The zero-order valence-electron chi connectivity index (χ0n) is 12.0. The molecule has 2 aromatic rings. The number of aromatic nitrogens is 2. The van der Waals surface area contributed by atoms with Gasteiger partial charge in [-0.1, -0.05) is 0 Å². The summed E-state index contributed by atoms with van der Waals surface area (Å²) in [6.45, 7) is 3.33. The third-order valence-electron chi connectivity index (χ3n) is 3.63. The van der Waals surface area contributed by atoms with Crippen LogP contribution in [0.4, 0.5) is 5.95 Å². The SMILES string of the molecule is CN1CCN(c2nc(-c3ccc(Br)o3)c(C#N)c(=O)[nH]2)CC1. The summed E-state index contributed by atoms with van der Waals surface area (Å²) in [5.41, 5.74) is -0.223. The normalized spacial score (nSPS) is 15.8. The molecular weight excluding hydrogens is 350 g/mol. The highest BCUT2D eigenvalue weighted by molar-refractivity contribution is 9.10. The molecule has 0 unspecified atom stereocenters. The van der Waals surface area contributed by atoms with Crippen LogP contribution in [0.15, 0.2) is 26.0 Å². The molecule has 0 aliphatic carbocycles. The van der Waals surface area contributed by atoms with E-state index >= 15 is 0 Å². The van der Waals surface area contributed by atoms with Crippen LogP contribution in [0.3, 0.4) is 0 Å². The monoisotopic (exact) mass is 363 g/mol. The van der Waals surface area contributed by atoms with Gasteiger partial charge in [-0.3, -0.25) is 9.78 Å². The molecule has 0 amide bonds. The predicted molar refractivity (Wildman–Crippen MR) is 84.7 cm³/mol. The molecule has 8 heteroatoms. The van der Waals surface area contributed by atoms with Gasteiger partial charge in [0.2, 0.25) is 5.95 Å². The van der Waals surface area contributed by atoms with Crippen LogP contribution in [0.1, 0.15) is 5.56 Å². The van der Waals surface area contributed by atoms with E-state index < -0.39 is 5.56 Å². The fourth-order valence-corrected chi connectivity index (χ4v) is 2.66. The van der Waals surface area contributed by atoms with Crippen LogP contribution >= 0.6 is 15.9 Å². The van der Waals surface area contributed by atoms with E-state index in [2.05, 4.69) is 37.8 Å². The molecule has 1 saturated heterocycles. The number of nitrogens with one attached hydrogen (secondary N) is 1. The van der Waals surface area contributed by atoms with Gasteiger partial charge in [0.25, 0.3) is 5.56 Å². The lowest BCUT2D eigenvalue weighted by Crippen LogP contribution is -2.45. The Balaban J connectivity index is 2.05. The molecule has 7 nitrogen and oxygen atoms in total. The largest absolute Gasteiger partial charge is 0.448 e. The van der Waals surface area contributed by atoms with Gasteiger partial charge < -0.3 is 14.2 Å². The van der Waals surface area contributed by atoms with Gasteiger partial charge in [-0.05, 0) is 35.1 Å². The van der Waals surface area contributed by atoms with Gasteiger partial charge in [-0.2, -0.15) is 5.26 Å². The Bertz CT molecular complexity index is 783. The second kappa shape index (κ2) is 5.94. The highest BCUT2D eigenvalue weighted by Crippen LogP contribution is 2.26. The summed E-state index contributed by atoms with van der Waals surface area (Å²) >= 11 is 3.22. The fourth-order valence-electron chi connectivity index (χ4n) is 2.35. The number of hydrogen-bond acceptors (Lipinski definition) is 6. The van der Waals surface area contributed by atoms with Crippen molar-refractivity contribution in [1.29, 1.82) is 5.26 Å². The van der Waals surface area contributed by atoms with Crippen LogP contribution < -0.4 is 10.5 Å². The first kappa shape index (κ1) is 14.8. The quantitative estimate of drug-likeness (QED) is 0.867. The van der Waals surface area contributed by atoms with Crippen molar-refractivity contribution in [2.75, 3.05) is 38.1 Å². The minimum Gasteiger partial charge on any atom is -0.448 e. The number of H-pyrrole nitrogens is 1. The molecule has 2 aromatic heterocycles. The number of nitriles is 1. The van der Waals surface area contributed by atoms with E-state index in [9.17, 15) is 10.1 Å². The van der Waals surface area contributed by atoms with Crippen LogP contribution in [-0.2, 0) is 0 Å². The van der Waals surface area contributed by atoms with Gasteiger partial charge in [0.1, 0.15) is 17.3 Å². The number of aromatic amines is 1. The van der Waals surface area contributed by atoms with Crippen molar-refractivity contribution < 1.29 is 4.42 Å². The van der Waals surface area contributed by atoms with Crippen LogP contribution in [0.2, 0.25) is 0 Å². The Morgan fingerprint density at radius 2 is 2.09 bits per heavy atom. The van der Waals surface area contributed by atoms with Crippen LogP contribution in [-0.4, -0.2) is 48.1 Å². The Hall–Kier alpha value is -2.11. The van der Waals surface area contributed by atoms with Gasteiger partial charge in [0.05, 0.1) is 0 Å². The maximum absolute atomic E-state index is 12.2. The highest BCUT2D eigenvalue weighted by atomic mass is 79.9. The first-order valence-electron chi connectivity index (χ1n) is 6.82. The van der Waals surface area contributed by atoms with E-state index in [4.69, 9.17) is 4.42 Å². The Morgan fingerprint density at radius 3 is 2.68 bits per heavy atom. The molecule has 1 N–H and O–H groups in total. The molecule has 0 aromatic carbocycles. The minimum atomic E-state index is -0.450. The van der Waals surface area contributed by atoms with Crippen molar-refractivity contribution in [3.05, 3.63) is 32.7 Å². The lowest BCUT2D eigenvalue weighted by atomic mass is 10.2. The van der Waals surface area contributed by atoms with Crippen molar-refractivity contribution in [2.24, 2.45) is 0 Å². The molecule has 0 radical (unpaired) electrons. The summed E-state index contributed by atoms with van der Waals surface area (Å²) in [6.07, 6.45) is 0. The van der Waals surface area contributed by atoms with Crippen molar-refractivity contribution >= 4 is 21.9 Å². The standard InChI is InChI=1S/C14H14BrN5O2/c1-19-4-6-20(7-5-19)14-17-12(9(8-16)13(21)18-14)10-2-3-11(15)22-10/h2-3H,4-7H2,1H3,(H,17,18,21). The molecule has 1 fully saturated rings. The maximum atomic E-state index is 12.2. The minimum absolute atomic E-state index is 0.0419. The van der Waals surface area contributed by atoms with Gasteiger partial charge in [0.15, 0.2) is 10.4 Å². The number of rotatable bonds is 2. The summed E-state index contributed by atoms with van der Waals surface area (Å²) in [4.78, 5) is 23.5. The molecule has 114 valence electrons. The predicted octanol–water partition coefficient (Wildman–Crippen LogP) is 1.42. The topological polar surface area (TPSA) is 89.2 Å². The fraction of sp³-hybridized carbons (Fsp3) is 0.357. The van der Waals surface area contributed by atoms with Crippen molar-refractivity contribution in [2.45, 2.75) is 0 Å². The second-order valence-corrected chi connectivity index (χ2v) is 5.90. The number of halogens is 1. The summed E-state index contributed by atoms with van der Waals surface area (Å²) < 4.78 is 5.97. The smallest absolute Gasteiger partial charge is 0.271 e. The van der Waals surface area contributed by atoms with E-state index in [1.807, 2.05) is 11.0 Å². The van der Waals surface area contributed by atoms with Gasteiger partial charge >= 0.3 is 0 Å². The van der Waals surface area contributed by atoms with E-state index in [1.54, 1.807) is 12.1 Å². The average Bonchev–Trinajstić information content (AvgIpc) is 2.93. The van der Waals surface area contributed by atoms with Gasteiger partial charge in [0, 0.05) is 26.2 Å². The molecule has 22 heavy (non-hydrogen) atoms. The summed E-state index contributed by atoms with van der Waals surface area (Å²) in [5.74, 6) is 0.865. The molecule has 1 aliphatic heterocycles. The number of anilines is 1. The molecule has 0 saturated carbocycles. The Morgan fingerprint density at radius 1 is 1.36 bits per heavy atom. The molecule has 3 rings (SSSR count). The van der Waals surface area contributed by atoms with Gasteiger partial charge in [-0.15, -0.1) is 0 Å².